The number of carbonyl (C=O) groups is 3. The van der Waals surface area contributed by atoms with Gasteiger partial charge in [0, 0.05) is 48.4 Å². The van der Waals surface area contributed by atoms with Crippen LogP contribution in [0.25, 0.3) is 42.9 Å². The van der Waals surface area contributed by atoms with Crippen molar-refractivity contribution in [2.75, 3.05) is 10.6 Å². The molecule has 37 heteroatoms. The zero-order valence-electron chi connectivity index (χ0n) is 61.3. The van der Waals surface area contributed by atoms with Gasteiger partial charge in [0.15, 0.2) is 45.0 Å². The molecule has 0 bridgehead atoms. The number of ether oxygens (including phenoxy) is 3. The van der Waals surface area contributed by atoms with E-state index in [-0.39, 0.29) is 169 Å². The number of halogens is 10. The number of hydrogen-bond donors (Lipinski definition) is 3. The number of thiazole rings is 3. The molecular formula is C82H49Cl6F4N15O9S3. The maximum Gasteiger partial charge on any atom is 0.260 e. The lowest BCUT2D eigenvalue weighted by Gasteiger charge is -2.11. The van der Waals surface area contributed by atoms with Crippen molar-refractivity contribution in [1.29, 1.82) is 15.8 Å². The fraction of sp³-hybridized carbons (Fsp3) is 0.0854. The van der Waals surface area contributed by atoms with Gasteiger partial charge in [0.25, 0.3) is 29.5 Å². The van der Waals surface area contributed by atoms with E-state index >= 15 is 13.2 Å². The molecule has 0 aliphatic rings. The van der Waals surface area contributed by atoms with Gasteiger partial charge in [-0.1, -0.05) is 159 Å². The third-order valence-electron chi connectivity index (χ3n) is 16.7. The molecule has 0 spiro atoms. The SMILES string of the molecule is Cc1ccc(C(=O)Nc2nc(C)c(-c3nnc(Cc4ccc(Cl)c(Oc5cc(Cl)cc(C#N)c5)c4F)o3)s2)cc1.Cc1nc(-c2ccccc2C(N)=O)sc1-c1nnc(Cc2ccc(Cl)c(Oc3cc(Cl)cc(C#N)c3)c2F)o1.Cc1nc(NC(=O)c2ccccc2F)sc1-c1nnc(Cc2ccc(Cl)c(Oc3cc(Cl)cc(C#N)c3)c2F)o1. The van der Waals surface area contributed by atoms with E-state index in [2.05, 4.69) is 56.2 Å². The number of nitrogens with two attached hydrogens (primary N) is 1. The number of primary amides is 1. The zero-order valence-corrected chi connectivity index (χ0v) is 68.3. The highest BCUT2D eigenvalue weighted by Crippen LogP contribution is 2.43. The molecule has 0 unspecified atom stereocenters. The third kappa shape index (κ3) is 20.2. The smallest absolute Gasteiger partial charge is 0.260 e. The number of anilines is 2. The Balaban J connectivity index is 0.000000155. The number of hydrogen-bond acceptors (Lipinski definition) is 24. The predicted octanol–water partition coefficient (Wildman–Crippen LogP) is 22.3. The number of nitrogens with one attached hydrogen (secondary N) is 2. The summed E-state index contributed by atoms with van der Waals surface area (Å²) < 4.78 is 94.5. The molecule has 0 aliphatic carbocycles. The minimum atomic E-state index is -0.752. The standard InChI is InChI=1S/C28H18Cl2FN5O3S.C27H15Cl2F2N5O3S.C27H16Cl2FN5O3S/c1-14-3-5-17(6-4-14)26(37)34-28-33-15(2)25(40-28)27-36-35-22(39-27)11-18-7-8-21(30)24(23(18)31)38-20-10-16(13-32)9-19(29)12-20;1-13-24(40-27(33-13)34-25(37)18-4-2-3-5-20(18)30)26-36-35-21(39-26)10-15-6-7-19(29)23(22(15)31)38-17-9-14(12-32)8-16(28)11-17;1-13-24(39-27(33-13)19-5-3-2-4-18(19)25(32)36)26-35-34-21(38-26)10-15-6-7-20(29)23(22(15)30)37-17-9-14(12-31)8-16(28)11-17/h3-10,12H,11H2,1-2H3,(H,33,34,37);2-9,11H,10H2,1H3,(H,33,34,37);2-9,11H,10H2,1H3,(H2,32,36). The summed E-state index contributed by atoms with van der Waals surface area (Å²) in [5.74, 6) is -3.68. The van der Waals surface area contributed by atoms with Gasteiger partial charge in [-0.05, 0) is 131 Å². The number of rotatable bonds is 21. The molecule has 0 aliphatic heterocycles. The molecule has 594 valence electrons. The number of aromatic nitrogens is 9. The lowest BCUT2D eigenvalue weighted by molar-refractivity contribution is 0.0996. The van der Waals surface area contributed by atoms with E-state index < -0.39 is 35.1 Å². The minimum Gasteiger partial charge on any atom is -0.453 e. The summed E-state index contributed by atoms with van der Waals surface area (Å²) in [6, 6.07) is 47.4. The molecule has 24 nitrogen and oxygen atoms in total. The van der Waals surface area contributed by atoms with Gasteiger partial charge < -0.3 is 33.2 Å². The average molecular weight is 1770 g/mol. The number of nitrogens with zero attached hydrogens (tertiary/aromatic N) is 12. The molecule has 0 saturated heterocycles. The van der Waals surface area contributed by atoms with Crippen molar-refractivity contribution in [2.24, 2.45) is 5.73 Å². The topological polar surface area (TPSA) is 356 Å². The van der Waals surface area contributed by atoms with E-state index in [0.29, 0.717) is 58.5 Å². The van der Waals surface area contributed by atoms with Crippen LogP contribution < -0.4 is 30.6 Å². The lowest BCUT2D eigenvalue weighted by Crippen LogP contribution is -2.13. The van der Waals surface area contributed by atoms with E-state index in [1.807, 2.05) is 37.3 Å². The average Bonchev–Trinajstić information content (AvgIpc) is 1.59. The van der Waals surface area contributed by atoms with E-state index in [1.54, 1.807) is 63.2 Å². The summed E-state index contributed by atoms with van der Waals surface area (Å²) in [6.07, 6.45) is -0.166. The van der Waals surface area contributed by atoms with Crippen molar-refractivity contribution in [2.45, 2.75) is 47.0 Å². The number of nitriles is 3. The van der Waals surface area contributed by atoms with Gasteiger partial charge in [0.2, 0.25) is 23.6 Å². The van der Waals surface area contributed by atoms with Crippen molar-refractivity contribution in [3.05, 3.63) is 308 Å². The van der Waals surface area contributed by atoms with Crippen molar-refractivity contribution in [3.8, 4) is 95.6 Å². The molecule has 6 heterocycles. The predicted molar refractivity (Wildman–Crippen MR) is 439 cm³/mol. The molecule has 4 N–H and O–H groups in total. The second kappa shape index (κ2) is 37.1. The normalized spacial score (nSPS) is 10.8. The van der Waals surface area contributed by atoms with E-state index in [9.17, 15) is 18.8 Å². The van der Waals surface area contributed by atoms with Crippen molar-refractivity contribution >= 4 is 132 Å². The van der Waals surface area contributed by atoms with Crippen LogP contribution in [0.5, 0.6) is 34.5 Å². The lowest BCUT2D eigenvalue weighted by atomic mass is 10.1. The summed E-state index contributed by atoms with van der Waals surface area (Å²) in [5.41, 5.74) is 10.9. The van der Waals surface area contributed by atoms with E-state index in [1.165, 1.54) is 132 Å². The number of carbonyl (C=O) groups excluding carboxylic acids is 3. The first-order valence-corrected chi connectivity index (χ1v) is 39.2. The second-order valence-corrected chi connectivity index (χ2v) is 30.7. The molecule has 6 aromatic heterocycles. The Hall–Kier alpha value is -13.0. The van der Waals surface area contributed by atoms with Gasteiger partial charge >= 0.3 is 0 Å². The van der Waals surface area contributed by atoms with Gasteiger partial charge in [-0.15, -0.1) is 41.9 Å². The molecule has 3 amide bonds. The van der Waals surface area contributed by atoms with Gasteiger partial charge in [0.1, 0.15) is 42.7 Å². The highest BCUT2D eigenvalue weighted by molar-refractivity contribution is 7.19. The van der Waals surface area contributed by atoms with E-state index in [0.717, 1.165) is 16.9 Å². The monoisotopic (exact) mass is 1770 g/mol. The first kappa shape index (κ1) is 84.0. The Morgan fingerprint density at radius 3 is 1.21 bits per heavy atom. The van der Waals surface area contributed by atoms with Crippen LogP contribution in [0.4, 0.5) is 27.8 Å². The Bertz CT molecular complexity index is 6600. The first-order valence-electron chi connectivity index (χ1n) is 34.4. The van der Waals surface area contributed by atoms with E-state index in [4.69, 9.17) is 119 Å². The van der Waals surface area contributed by atoms with Crippen LogP contribution >= 0.6 is 104 Å². The Morgan fingerprint density at radius 1 is 0.445 bits per heavy atom. The summed E-state index contributed by atoms with van der Waals surface area (Å²) in [7, 11) is 0. The Labute approximate surface area is 713 Å². The van der Waals surface area contributed by atoms with Crippen LogP contribution in [-0.2, 0) is 19.3 Å². The highest BCUT2D eigenvalue weighted by atomic mass is 35.5. The molecule has 0 fully saturated rings. The van der Waals surface area contributed by atoms with Gasteiger partial charge in [0.05, 0.1) is 91.9 Å². The van der Waals surface area contributed by atoms with Crippen LogP contribution in [0.15, 0.2) is 177 Å². The molecule has 15 aromatic rings. The van der Waals surface area contributed by atoms with Crippen LogP contribution in [-0.4, -0.2) is 63.3 Å². The summed E-state index contributed by atoms with van der Waals surface area (Å²) in [5, 5.41) is 59.1. The quantitative estimate of drug-likeness (QED) is 0.0562. The molecule has 0 saturated carbocycles. The number of amides is 3. The van der Waals surface area contributed by atoms with Crippen molar-refractivity contribution in [1.82, 2.24) is 45.5 Å². The third-order valence-corrected chi connectivity index (χ3v) is 21.6. The maximum absolute atomic E-state index is 15.4. The van der Waals surface area contributed by atoms with Crippen LogP contribution in [0.1, 0.15) is 105 Å². The Kier molecular flexibility index (Phi) is 26.2. The van der Waals surface area contributed by atoms with Gasteiger partial charge in [-0.2, -0.15) is 15.8 Å². The van der Waals surface area contributed by atoms with Crippen LogP contribution in [0.3, 0.4) is 0 Å². The second-order valence-electron chi connectivity index (χ2n) is 25.2. The highest BCUT2D eigenvalue weighted by Gasteiger charge is 2.27. The van der Waals surface area contributed by atoms with Gasteiger partial charge in [-0.25, -0.2) is 32.5 Å². The minimum absolute atomic E-state index is 0.0104. The maximum atomic E-state index is 15.4. The van der Waals surface area contributed by atoms with Gasteiger partial charge in [-0.3, -0.25) is 25.0 Å². The molecule has 15 rings (SSSR count). The Morgan fingerprint density at radius 2 is 0.815 bits per heavy atom. The fourth-order valence-electron chi connectivity index (χ4n) is 11.1. The molecule has 0 radical (unpaired) electrons. The number of aryl methyl sites for hydroxylation is 4. The number of benzene rings is 9. The first-order chi connectivity index (χ1) is 57.1. The summed E-state index contributed by atoms with van der Waals surface area (Å²) in [4.78, 5) is 51.7. The van der Waals surface area contributed by atoms with Crippen molar-refractivity contribution in [3.63, 3.8) is 0 Å². The molecule has 0 atom stereocenters. The van der Waals surface area contributed by atoms with Crippen LogP contribution in [0.2, 0.25) is 30.1 Å². The summed E-state index contributed by atoms with van der Waals surface area (Å²) >= 11 is 40.2. The molecular weight excluding hydrogens is 1720 g/mol. The van der Waals surface area contributed by atoms with Crippen LogP contribution in [0, 0.1) is 85.0 Å². The zero-order chi connectivity index (χ0) is 84.5. The fourth-order valence-corrected chi connectivity index (χ4v) is 15.2. The molecule has 9 aromatic carbocycles. The molecule has 119 heavy (non-hydrogen) atoms. The summed E-state index contributed by atoms with van der Waals surface area (Å²) in [6.45, 7) is 7.16. The largest absolute Gasteiger partial charge is 0.453 e. The van der Waals surface area contributed by atoms with Crippen molar-refractivity contribution < 1.29 is 59.4 Å².